The van der Waals surface area contributed by atoms with Gasteiger partial charge in [-0.1, -0.05) is 20.8 Å². The molecule has 0 aliphatic heterocycles. The summed E-state index contributed by atoms with van der Waals surface area (Å²) in [5.41, 5.74) is -0.234. The van der Waals surface area contributed by atoms with Crippen LogP contribution in [-0.4, -0.2) is 20.8 Å². The van der Waals surface area contributed by atoms with Crippen LogP contribution in [0.1, 0.15) is 26.6 Å². The van der Waals surface area contributed by atoms with Crippen molar-refractivity contribution in [3.63, 3.8) is 0 Å². The van der Waals surface area contributed by atoms with E-state index in [2.05, 4.69) is 4.98 Å². The monoisotopic (exact) mass is 168 g/mol. The second-order valence-corrected chi connectivity index (χ2v) is 3.65. The number of imidazole rings is 1. The van der Waals surface area contributed by atoms with E-state index >= 15 is 0 Å². The first-order valence-corrected chi connectivity index (χ1v) is 3.70. The highest BCUT2D eigenvalue weighted by atomic mass is 16.4. The second kappa shape index (κ2) is 2.62. The number of aromatic nitrogens is 2. The van der Waals surface area contributed by atoms with Crippen LogP contribution in [0.5, 0.6) is 0 Å². The molecule has 0 spiro atoms. The standard InChI is InChI=1S/C8H12N2O2/c1-8(2,3)6-9-4-5-10(6)7(11)12/h4-5H,1-3H3,(H,11,12). The lowest BCUT2D eigenvalue weighted by molar-refractivity contribution is 0.194. The maximum absolute atomic E-state index is 10.7. The molecule has 4 heteroatoms. The zero-order valence-corrected chi connectivity index (χ0v) is 7.40. The van der Waals surface area contributed by atoms with Crippen molar-refractivity contribution in [2.45, 2.75) is 26.2 Å². The number of carbonyl (C=O) groups is 1. The first kappa shape index (κ1) is 8.77. The Morgan fingerprint density at radius 2 is 2.17 bits per heavy atom. The van der Waals surface area contributed by atoms with Crippen LogP contribution in [0.3, 0.4) is 0 Å². The zero-order valence-electron chi connectivity index (χ0n) is 7.40. The van der Waals surface area contributed by atoms with Crippen molar-refractivity contribution in [1.29, 1.82) is 0 Å². The van der Waals surface area contributed by atoms with Crippen LogP contribution in [0.2, 0.25) is 0 Å². The van der Waals surface area contributed by atoms with E-state index in [0.29, 0.717) is 5.82 Å². The summed E-state index contributed by atoms with van der Waals surface area (Å²) in [5, 5.41) is 8.74. The molecule has 1 aromatic heterocycles. The summed E-state index contributed by atoms with van der Waals surface area (Å²) in [5.74, 6) is 0.565. The van der Waals surface area contributed by atoms with Crippen molar-refractivity contribution in [2.75, 3.05) is 0 Å². The lowest BCUT2D eigenvalue weighted by atomic mass is 9.96. The molecule has 4 nitrogen and oxygen atoms in total. The highest BCUT2D eigenvalue weighted by molar-refractivity contribution is 5.68. The molecule has 0 saturated heterocycles. The fraction of sp³-hybridized carbons (Fsp3) is 0.500. The SMILES string of the molecule is CC(C)(C)c1nccn1C(=O)O. The van der Waals surface area contributed by atoms with Gasteiger partial charge in [0.25, 0.3) is 0 Å². The van der Waals surface area contributed by atoms with Gasteiger partial charge in [0.1, 0.15) is 5.82 Å². The van der Waals surface area contributed by atoms with Crippen LogP contribution in [0, 0.1) is 0 Å². The minimum atomic E-state index is -0.988. The molecular weight excluding hydrogens is 156 g/mol. The van der Waals surface area contributed by atoms with Gasteiger partial charge in [-0.3, -0.25) is 0 Å². The Kier molecular flexibility index (Phi) is 1.92. The molecule has 0 aliphatic rings. The zero-order chi connectivity index (χ0) is 9.35. The molecule has 12 heavy (non-hydrogen) atoms. The third-order valence-corrected chi connectivity index (χ3v) is 1.52. The lowest BCUT2D eigenvalue weighted by Gasteiger charge is -2.17. The number of carboxylic acid groups (broad SMARTS) is 1. The molecule has 0 bridgehead atoms. The largest absolute Gasteiger partial charge is 0.464 e. The van der Waals surface area contributed by atoms with Crippen LogP contribution in [0.25, 0.3) is 0 Å². The highest BCUT2D eigenvalue weighted by Crippen LogP contribution is 2.19. The Morgan fingerprint density at radius 1 is 1.58 bits per heavy atom. The summed E-state index contributed by atoms with van der Waals surface area (Å²) in [4.78, 5) is 14.6. The maximum atomic E-state index is 10.7. The van der Waals surface area contributed by atoms with Gasteiger partial charge in [-0.15, -0.1) is 0 Å². The number of rotatable bonds is 0. The first-order valence-electron chi connectivity index (χ1n) is 3.70. The molecule has 0 unspecified atom stereocenters. The van der Waals surface area contributed by atoms with Gasteiger partial charge in [-0.05, 0) is 0 Å². The Morgan fingerprint density at radius 3 is 2.50 bits per heavy atom. The molecule has 0 fully saturated rings. The maximum Gasteiger partial charge on any atom is 0.417 e. The van der Waals surface area contributed by atoms with Crippen molar-refractivity contribution >= 4 is 6.09 Å². The van der Waals surface area contributed by atoms with Gasteiger partial charge in [0, 0.05) is 17.8 Å². The summed E-state index contributed by atoms with van der Waals surface area (Å²) < 4.78 is 1.14. The molecule has 1 rings (SSSR count). The average molecular weight is 168 g/mol. The molecular formula is C8H12N2O2. The first-order chi connectivity index (χ1) is 5.43. The predicted molar refractivity (Wildman–Crippen MR) is 44.3 cm³/mol. The fourth-order valence-electron chi connectivity index (χ4n) is 1.01. The summed E-state index contributed by atoms with van der Waals surface area (Å²) in [6.45, 7) is 5.78. The quantitative estimate of drug-likeness (QED) is 0.641. The predicted octanol–water partition coefficient (Wildman–Crippen LogP) is 1.71. The minimum absolute atomic E-state index is 0.234. The van der Waals surface area contributed by atoms with Crippen molar-refractivity contribution in [3.8, 4) is 0 Å². The van der Waals surface area contributed by atoms with Crippen LogP contribution in [0.15, 0.2) is 12.4 Å². The van der Waals surface area contributed by atoms with Crippen LogP contribution >= 0.6 is 0 Å². The smallest absolute Gasteiger partial charge is 0.417 e. The van der Waals surface area contributed by atoms with E-state index in [1.165, 1.54) is 12.4 Å². The van der Waals surface area contributed by atoms with E-state index in [1.54, 1.807) is 0 Å². The van der Waals surface area contributed by atoms with E-state index < -0.39 is 6.09 Å². The molecule has 1 aromatic rings. The van der Waals surface area contributed by atoms with Crippen LogP contribution in [0.4, 0.5) is 4.79 Å². The third kappa shape index (κ3) is 1.47. The molecule has 1 heterocycles. The van der Waals surface area contributed by atoms with Gasteiger partial charge in [0.15, 0.2) is 0 Å². The Bertz CT molecular complexity index is 296. The Balaban J connectivity index is 3.17. The van der Waals surface area contributed by atoms with Crippen molar-refractivity contribution in [2.24, 2.45) is 0 Å². The molecule has 0 atom stereocenters. The summed E-state index contributed by atoms with van der Waals surface area (Å²) >= 11 is 0. The van der Waals surface area contributed by atoms with E-state index in [4.69, 9.17) is 5.11 Å². The van der Waals surface area contributed by atoms with Gasteiger partial charge < -0.3 is 5.11 Å². The average Bonchev–Trinajstić information content (AvgIpc) is 2.30. The fourth-order valence-corrected chi connectivity index (χ4v) is 1.01. The highest BCUT2D eigenvalue weighted by Gasteiger charge is 2.21. The molecule has 0 aromatic carbocycles. The number of hydrogen-bond acceptors (Lipinski definition) is 2. The molecule has 0 aliphatic carbocycles. The molecule has 1 N–H and O–H groups in total. The van der Waals surface area contributed by atoms with Gasteiger partial charge in [-0.2, -0.15) is 0 Å². The van der Waals surface area contributed by atoms with Gasteiger partial charge in [0.2, 0.25) is 0 Å². The lowest BCUT2D eigenvalue weighted by Crippen LogP contribution is -2.22. The van der Waals surface area contributed by atoms with E-state index in [-0.39, 0.29) is 5.41 Å². The molecule has 0 amide bonds. The molecule has 0 radical (unpaired) electrons. The number of hydrogen-bond donors (Lipinski definition) is 1. The van der Waals surface area contributed by atoms with E-state index in [9.17, 15) is 4.79 Å². The third-order valence-electron chi connectivity index (χ3n) is 1.52. The van der Waals surface area contributed by atoms with Crippen molar-refractivity contribution < 1.29 is 9.90 Å². The number of nitrogens with zero attached hydrogens (tertiary/aromatic N) is 2. The van der Waals surface area contributed by atoms with Gasteiger partial charge >= 0.3 is 6.09 Å². The topological polar surface area (TPSA) is 55.1 Å². The van der Waals surface area contributed by atoms with Crippen LogP contribution in [-0.2, 0) is 5.41 Å². The van der Waals surface area contributed by atoms with Gasteiger partial charge in [0.05, 0.1) is 0 Å². The van der Waals surface area contributed by atoms with E-state index in [0.717, 1.165) is 4.57 Å². The Labute approximate surface area is 70.9 Å². The van der Waals surface area contributed by atoms with Crippen molar-refractivity contribution in [1.82, 2.24) is 9.55 Å². The minimum Gasteiger partial charge on any atom is -0.464 e. The Hall–Kier alpha value is -1.32. The molecule has 0 saturated carbocycles. The second-order valence-electron chi connectivity index (χ2n) is 3.65. The van der Waals surface area contributed by atoms with Crippen molar-refractivity contribution in [3.05, 3.63) is 18.2 Å². The normalized spacial score (nSPS) is 11.6. The molecule has 66 valence electrons. The van der Waals surface area contributed by atoms with Crippen LogP contribution < -0.4 is 0 Å². The van der Waals surface area contributed by atoms with E-state index in [1.807, 2.05) is 20.8 Å². The summed E-state index contributed by atoms with van der Waals surface area (Å²) in [6.07, 6.45) is 1.95. The summed E-state index contributed by atoms with van der Waals surface area (Å²) in [6, 6.07) is 0. The summed E-state index contributed by atoms with van der Waals surface area (Å²) in [7, 11) is 0. The van der Waals surface area contributed by atoms with Gasteiger partial charge in [-0.25, -0.2) is 14.3 Å².